The van der Waals surface area contributed by atoms with E-state index in [-0.39, 0.29) is 22.8 Å². The fraction of sp³-hybridized carbons (Fsp3) is 0.591. The van der Waals surface area contributed by atoms with E-state index in [1.165, 1.54) is 12.5 Å². The van der Waals surface area contributed by atoms with E-state index in [0.717, 1.165) is 50.2 Å². The maximum Gasteiger partial charge on any atom is 0.256 e. The van der Waals surface area contributed by atoms with Gasteiger partial charge in [0.2, 0.25) is 0 Å². The molecule has 156 valence electrons. The Labute approximate surface area is 170 Å². The summed E-state index contributed by atoms with van der Waals surface area (Å²) >= 11 is 0. The lowest BCUT2D eigenvalue weighted by atomic mass is 9.67. The van der Waals surface area contributed by atoms with Crippen molar-refractivity contribution < 1.29 is 13.6 Å². The minimum Gasteiger partial charge on any atom is -0.337 e. The average molecular weight is 402 g/mol. The molecule has 2 aromatic rings. The molecule has 1 saturated heterocycles. The molecule has 1 saturated carbocycles. The summed E-state index contributed by atoms with van der Waals surface area (Å²) in [5, 5.41) is 8.61. The Morgan fingerprint density at radius 3 is 2.69 bits per heavy atom. The van der Waals surface area contributed by atoms with Gasteiger partial charge in [-0.2, -0.15) is 0 Å². The number of carbonyl (C=O) groups excluding carboxylic acids is 1. The quantitative estimate of drug-likeness (QED) is 0.762. The van der Waals surface area contributed by atoms with Crippen LogP contribution in [0.4, 0.5) is 8.78 Å². The standard InChI is InChI=1S/C22H28F2N4O/c1-15(2)11-28-14-25-26-20(28)18-12-27(13-22(18)8-4-3-5-9-22)21(29)17-7-6-16(23)10-19(17)24/h6-7,10,14-15,18H,3-5,8-9,11-13H2,1-2H3. The predicted octanol–water partition coefficient (Wildman–Crippen LogP) is 4.40. The van der Waals surface area contributed by atoms with E-state index < -0.39 is 11.6 Å². The number of aromatic nitrogens is 3. The second kappa shape index (κ2) is 7.84. The molecule has 0 radical (unpaired) electrons. The van der Waals surface area contributed by atoms with Crippen LogP contribution in [0.25, 0.3) is 0 Å². The second-order valence-corrected chi connectivity index (χ2v) is 9.02. The first-order chi connectivity index (χ1) is 13.9. The van der Waals surface area contributed by atoms with E-state index in [4.69, 9.17) is 0 Å². The van der Waals surface area contributed by atoms with Gasteiger partial charge in [0.05, 0.1) is 5.56 Å². The van der Waals surface area contributed by atoms with Crippen molar-refractivity contribution in [2.24, 2.45) is 11.3 Å². The molecule has 29 heavy (non-hydrogen) atoms. The lowest BCUT2D eigenvalue weighted by molar-refractivity contribution is 0.0753. The van der Waals surface area contributed by atoms with Crippen LogP contribution in [0, 0.1) is 23.0 Å². The summed E-state index contributed by atoms with van der Waals surface area (Å²) in [7, 11) is 0. The fourth-order valence-corrected chi connectivity index (χ4v) is 5.14. The molecule has 2 heterocycles. The van der Waals surface area contributed by atoms with E-state index in [1.54, 1.807) is 11.2 Å². The average Bonchev–Trinajstić information content (AvgIpc) is 3.26. The molecule has 4 rings (SSSR count). The highest BCUT2D eigenvalue weighted by molar-refractivity contribution is 5.94. The topological polar surface area (TPSA) is 51.0 Å². The highest BCUT2D eigenvalue weighted by atomic mass is 19.1. The van der Waals surface area contributed by atoms with Gasteiger partial charge in [-0.15, -0.1) is 10.2 Å². The summed E-state index contributed by atoms with van der Waals surface area (Å²) in [6.07, 6.45) is 7.29. The highest BCUT2D eigenvalue weighted by Gasteiger charge is 2.50. The van der Waals surface area contributed by atoms with Crippen LogP contribution in [0.5, 0.6) is 0 Å². The number of benzene rings is 1. The normalized spacial score (nSPS) is 21.3. The molecule has 1 spiro atoms. The molecule has 1 unspecified atom stereocenters. The van der Waals surface area contributed by atoms with Crippen LogP contribution in [0.3, 0.4) is 0 Å². The molecule has 7 heteroatoms. The minimum atomic E-state index is -0.806. The Bertz CT molecular complexity index is 889. The zero-order valence-electron chi connectivity index (χ0n) is 17.1. The van der Waals surface area contributed by atoms with Crippen molar-refractivity contribution in [1.82, 2.24) is 19.7 Å². The largest absolute Gasteiger partial charge is 0.337 e. The van der Waals surface area contributed by atoms with Gasteiger partial charge in [-0.25, -0.2) is 8.78 Å². The molecule has 1 atom stereocenters. The number of halogens is 2. The first kappa shape index (κ1) is 20.0. The lowest BCUT2D eigenvalue weighted by Crippen LogP contribution is -2.35. The predicted molar refractivity (Wildman–Crippen MR) is 105 cm³/mol. The van der Waals surface area contributed by atoms with Crippen molar-refractivity contribution in [3.05, 3.63) is 47.5 Å². The van der Waals surface area contributed by atoms with Crippen molar-refractivity contribution in [2.75, 3.05) is 13.1 Å². The number of carbonyl (C=O) groups is 1. The summed E-state index contributed by atoms with van der Waals surface area (Å²) < 4.78 is 29.6. The Balaban J connectivity index is 1.66. The smallest absolute Gasteiger partial charge is 0.256 e. The molecule has 2 aliphatic rings. The molecular weight excluding hydrogens is 374 g/mol. The molecule has 1 aromatic carbocycles. The highest BCUT2D eigenvalue weighted by Crippen LogP contribution is 2.51. The summed E-state index contributed by atoms with van der Waals surface area (Å²) in [6.45, 7) is 6.22. The van der Waals surface area contributed by atoms with Crippen LogP contribution >= 0.6 is 0 Å². The number of likely N-dealkylation sites (tertiary alicyclic amines) is 1. The zero-order chi connectivity index (χ0) is 20.6. The monoisotopic (exact) mass is 402 g/mol. The van der Waals surface area contributed by atoms with Crippen molar-refractivity contribution in [3.63, 3.8) is 0 Å². The van der Waals surface area contributed by atoms with Gasteiger partial charge in [-0.3, -0.25) is 4.79 Å². The van der Waals surface area contributed by atoms with Crippen LogP contribution in [-0.2, 0) is 6.54 Å². The van der Waals surface area contributed by atoms with Gasteiger partial charge in [-0.05, 0) is 36.3 Å². The van der Waals surface area contributed by atoms with Crippen LogP contribution in [0.15, 0.2) is 24.5 Å². The van der Waals surface area contributed by atoms with E-state index in [2.05, 4.69) is 28.6 Å². The van der Waals surface area contributed by atoms with E-state index in [0.29, 0.717) is 19.0 Å². The van der Waals surface area contributed by atoms with Gasteiger partial charge in [0, 0.05) is 31.6 Å². The summed E-state index contributed by atoms with van der Waals surface area (Å²) in [5.41, 5.74) is -0.117. The van der Waals surface area contributed by atoms with Gasteiger partial charge in [0.1, 0.15) is 23.8 Å². The molecule has 1 aromatic heterocycles. The van der Waals surface area contributed by atoms with E-state index in [9.17, 15) is 13.6 Å². The Kier molecular flexibility index (Phi) is 5.40. The summed E-state index contributed by atoms with van der Waals surface area (Å²) in [4.78, 5) is 14.8. The number of hydrogen-bond acceptors (Lipinski definition) is 3. The third-order valence-corrected chi connectivity index (χ3v) is 6.47. The lowest BCUT2D eigenvalue weighted by Gasteiger charge is -2.37. The Morgan fingerprint density at radius 1 is 1.24 bits per heavy atom. The fourth-order valence-electron chi connectivity index (χ4n) is 5.14. The molecule has 0 bridgehead atoms. The molecule has 2 fully saturated rings. The first-order valence-corrected chi connectivity index (χ1v) is 10.5. The molecule has 1 aliphatic heterocycles. The van der Waals surface area contributed by atoms with Crippen LogP contribution in [0.1, 0.15) is 68.1 Å². The second-order valence-electron chi connectivity index (χ2n) is 9.02. The maximum atomic E-state index is 14.3. The van der Waals surface area contributed by atoms with Crippen molar-refractivity contribution in [3.8, 4) is 0 Å². The summed E-state index contributed by atoms with van der Waals surface area (Å²) in [5.74, 6) is -0.389. The summed E-state index contributed by atoms with van der Waals surface area (Å²) in [6, 6.07) is 3.16. The van der Waals surface area contributed by atoms with Crippen LogP contribution in [0.2, 0.25) is 0 Å². The molecule has 5 nitrogen and oxygen atoms in total. The van der Waals surface area contributed by atoms with Crippen molar-refractivity contribution in [1.29, 1.82) is 0 Å². The number of nitrogens with zero attached hydrogens (tertiary/aromatic N) is 4. The van der Waals surface area contributed by atoms with Crippen molar-refractivity contribution in [2.45, 2.75) is 58.4 Å². The Morgan fingerprint density at radius 2 is 2.00 bits per heavy atom. The third-order valence-electron chi connectivity index (χ3n) is 6.47. The van der Waals surface area contributed by atoms with Crippen LogP contribution in [-0.4, -0.2) is 38.7 Å². The van der Waals surface area contributed by atoms with Crippen molar-refractivity contribution >= 4 is 5.91 Å². The molecule has 1 amide bonds. The number of amides is 1. The third kappa shape index (κ3) is 3.79. The minimum absolute atomic E-state index is 0.0494. The van der Waals surface area contributed by atoms with Crippen LogP contribution < -0.4 is 0 Å². The van der Waals surface area contributed by atoms with Gasteiger partial charge in [-0.1, -0.05) is 33.1 Å². The van der Waals surface area contributed by atoms with E-state index in [1.807, 2.05) is 0 Å². The van der Waals surface area contributed by atoms with Gasteiger partial charge in [0.25, 0.3) is 5.91 Å². The van der Waals surface area contributed by atoms with E-state index >= 15 is 0 Å². The number of rotatable bonds is 4. The molecule has 0 N–H and O–H groups in total. The first-order valence-electron chi connectivity index (χ1n) is 10.5. The molecule has 1 aliphatic carbocycles. The van der Waals surface area contributed by atoms with Gasteiger partial charge >= 0.3 is 0 Å². The maximum absolute atomic E-state index is 14.3. The van der Waals surface area contributed by atoms with Gasteiger partial charge in [0.15, 0.2) is 0 Å². The SMILES string of the molecule is CC(C)Cn1cnnc1C1CN(C(=O)c2ccc(F)cc2F)CC12CCCCC2. The number of hydrogen-bond donors (Lipinski definition) is 0. The zero-order valence-corrected chi connectivity index (χ0v) is 17.1. The Hall–Kier alpha value is -2.31. The molecular formula is C22H28F2N4O. The van der Waals surface area contributed by atoms with Gasteiger partial charge < -0.3 is 9.47 Å².